The van der Waals surface area contributed by atoms with Gasteiger partial charge in [0.2, 0.25) is 10.0 Å². The first-order valence-electron chi connectivity index (χ1n) is 7.38. The van der Waals surface area contributed by atoms with Crippen LogP contribution in [0.15, 0.2) is 23.2 Å². The largest absolute Gasteiger partial charge is 0.357 e. The van der Waals surface area contributed by atoms with E-state index >= 15 is 0 Å². The molecule has 0 unspecified atom stereocenters. The van der Waals surface area contributed by atoms with Gasteiger partial charge in [0, 0.05) is 25.3 Å². The maximum Gasteiger partial charge on any atom is 0.242 e. The molecule has 1 aromatic heterocycles. The molecule has 5 nitrogen and oxygen atoms in total. The van der Waals surface area contributed by atoms with E-state index < -0.39 is 10.0 Å². The summed E-state index contributed by atoms with van der Waals surface area (Å²) in [5.74, 6) is 0.877. The molecule has 1 saturated carbocycles. The summed E-state index contributed by atoms with van der Waals surface area (Å²) in [5, 5.41) is 0. The molecule has 3 rings (SSSR count). The van der Waals surface area contributed by atoms with Gasteiger partial charge in [-0.1, -0.05) is 12.8 Å². The van der Waals surface area contributed by atoms with Crippen LogP contribution in [0.1, 0.15) is 38.5 Å². The molecule has 110 valence electrons. The molecule has 1 saturated heterocycles. The second kappa shape index (κ2) is 5.69. The normalized spacial score (nSPS) is 20.7. The van der Waals surface area contributed by atoms with Gasteiger partial charge in [-0.15, -0.1) is 0 Å². The Morgan fingerprint density at radius 1 is 1.10 bits per heavy atom. The van der Waals surface area contributed by atoms with Gasteiger partial charge < -0.3 is 4.90 Å². The molecular formula is C14H21N3O2S. The smallest absolute Gasteiger partial charge is 0.242 e. The zero-order valence-corrected chi connectivity index (χ0v) is 12.4. The van der Waals surface area contributed by atoms with E-state index in [0.29, 0.717) is 0 Å². The van der Waals surface area contributed by atoms with Crippen LogP contribution >= 0.6 is 0 Å². The topological polar surface area (TPSA) is 62.3 Å². The maximum atomic E-state index is 12.3. The SMILES string of the molecule is O=S(=O)(NC1CCCC1)c1ccc(N2CCCC2)nc1. The standard InChI is InChI=1S/C14H21N3O2S/c18-20(19,16-12-5-1-2-6-12)13-7-8-14(15-11-13)17-9-3-4-10-17/h7-8,11-12,16H,1-6,9-10H2. The highest BCUT2D eigenvalue weighted by Crippen LogP contribution is 2.22. The van der Waals surface area contributed by atoms with Gasteiger partial charge in [-0.3, -0.25) is 0 Å². The van der Waals surface area contributed by atoms with Crippen molar-refractivity contribution in [3.8, 4) is 0 Å². The van der Waals surface area contributed by atoms with Crippen molar-refractivity contribution in [1.29, 1.82) is 0 Å². The summed E-state index contributed by atoms with van der Waals surface area (Å²) in [6.45, 7) is 2.03. The summed E-state index contributed by atoms with van der Waals surface area (Å²) in [6, 6.07) is 3.57. The predicted octanol–water partition coefficient (Wildman–Crippen LogP) is 1.90. The van der Waals surface area contributed by atoms with Crippen molar-refractivity contribution in [1.82, 2.24) is 9.71 Å². The molecule has 1 aliphatic heterocycles. The molecule has 20 heavy (non-hydrogen) atoms. The minimum atomic E-state index is -3.42. The molecule has 0 aromatic carbocycles. The van der Waals surface area contributed by atoms with Crippen LogP contribution in [0.2, 0.25) is 0 Å². The quantitative estimate of drug-likeness (QED) is 0.921. The van der Waals surface area contributed by atoms with Crippen molar-refractivity contribution in [3.05, 3.63) is 18.3 Å². The fourth-order valence-corrected chi connectivity index (χ4v) is 4.25. The van der Waals surface area contributed by atoms with Gasteiger partial charge in [-0.2, -0.15) is 0 Å². The van der Waals surface area contributed by atoms with E-state index in [1.165, 1.54) is 19.0 Å². The Bertz CT molecular complexity index is 544. The zero-order valence-electron chi connectivity index (χ0n) is 11.6. The molecule has 0 spiro atoms. The molecule has 2 aliphatic rings. The van der Waals surface area contributed by atoms with Crippen LogP contribution in [0.25, 0.3) is 0 Å². The van der Waals surface area contributed by atoms with E-state index in [1.807, 2.05) is 6.07 Å². The van der Waals surface area contributed by atoms with Crippen LogP contribution in [0.5, 0.6) is 0 Å². The Morgan fingerprint density at radius 2 is 1.80 bits per heavy atom. The number of sulfonamides is 1. The number of nitrogens with one attached hydrogen (secondary N) is 1. The lowest BCUT2D eigenvalue weighted by molar-refractivity contribution is 0.552. The Hall–Kier alpha value is -1.14. The van der Waals surface area contributed by atoms with Crippen LogP contribution < -0.4 is 9.62 Å². The van der Waals surface area contributed by atoms with Gasteiger partial charge >= 0.3 is 0 Å². The third-order valence-electron chi connectivity index (χ3n) is 4.14. The molecule has 0 radical (unpaired) electrons. The monoisotopic (exact) mass is 295 g/mol. The van der Waals surface area contributed by atoms with E-state index in [-0.39, 0.29) is 10.9 Å². The fourth-order valence-electron chi connectivity index (χ4n) is 3.00. The van der Waals surface area contributed by atoms with Gasteiger partial charge in [-0.25, -0.2) is 18.1 Å². The number of hydrogen-bond acceptors (Lipinski definition) is 4. The van der Waals surface area contributed by atoms with Crippen molar-refractivity contribution in [3.63, 3.8) is 0 Å². The Morgan fingerprint density at radius 3 is 2.40 bits per heavy atom. The van der Waals surface area contributed by atoms with Gasteiger partial charge in [0.05, 0.1) is 0 Å². The Balaban J connectivity index is 1.72. The average molecular weight is 295 g/mol. The number of pyridine rings is 1. The summed E-state index contributed by atoms with van der Waals surface area (Å²) in [6.07, 6.45) is 7.95. The first-order chi connectivity index (χ1) is 9.65. The van der Waals surface area contributed by atoms with Crippen LogP contribution in [0.4, 0.5) is 5.82 Å². The van der Waals surface area contributed by atoms with Crippen molar-refractivity contribution in [2.24, 2.45) is 0 Å². The van der Waals surface area contributed by atoms with Crippen LogP contribution in [-0.2, 0) is 10.0 Å². The van der Waals surface area contributed by atoms with Crippen molar-refractivity contribution in [2.75, 3.05) is 18.0 Å². The first-order valence-corrected chi connectivity index (χ1v) is 8.87. The minimum absolute atomic E-state index is 0.0956. The fraction of sp³-hybridized carbons (Fsp3) is 0.643. The molecule has 0 amide bonds. The predicted molar refractivity (Wildman–Crippen MR) is 78.3 cm³/mol. The second-order valence-corrected chi connectivity index (χ2v) is 7.36. The van der Waals surface area contributed by atoms with E-state index in [9.17, 15) is 8.42 Å². The molecule has 6 heteroatoms. The number of hydrogen-bond donors (Lipinski definition) is 1. The molecule has 0 atom stereocenters. The van der Waals surface area contributed by atoms with E-state index in [2.05, 4.69) is 14.6 Å². The van der Waals surface area contributed by atoms with Crippen molar-refractivity contribution in [2.45, 2.75) is 49.5 Å². The highest BCUT2D eigenvalue weighted by molar-refractivity contribution is 7.89. The number of anilines is 1. The third-order valence-corrected chi connectivity index (χ3v) is 5.64. The van der Waals surface area contributed by atoms with Gasteiger partial charge in [-0.05, 0) is 37.8 Å². The molecule has 1 N–H and O–H groups in total. The van der Waals surface area contributed by atoms with E-state index in [1.54, 1.807) is 6.07 Å². The Kier molecular flexibility index (Phi) is 3.94. The van der Waals surface area contributed by atoms with Gasteiger partial charge in [0.15, 0.2) is 0 Å². The number of nitrogens with zero attached hydrogens (tertiary/aromatic N) is 2. The lowest BCUT2D eigenvalue weighted by atomic mass is 10.3. The van der Waals surface area contributed by atoms with Crippen molar-refractivity contribution >= 4 is 15.8 Å². The zero-order chi connectivity index (χ0) is 14.0. The number of rotatable bonds is 4. The summed E-state index contributed by atoms with van der Waals surface area (Å²) in [4.78, 5) is 6.77. The highest BCUT2D eigenvalue weighted by Gasteiger charge is 2.23. The molecule has 1 aliphatic carbocycles. The average Bonchev–Trinajstić information content (AvgIpc) is 3.11. The number of aromatic nitrogens is 1. The van der Waals surface area contributed by atoms with Crippen LogP contribution in [-0.4, -0.2) is 32.5 Å². The summed E-state index contributed by atoms with van der Waals surface area (Å²) < 4.78 is 27.3. The van der Waals surface area contributed by atoms with Gasteiger partial charge in [0.1, 0.15) is 10.7 Å². The summed E-state index contributed by atoms with van der Waals surface area (Å²) >= 11 is 0. The summed E-state index contributed by atoms with van der Waals surface area (Å²) in [7, 11) is -3.42. The molecule has 1 aromatic rings. The van der Waals surface area contributed by atoms with Crippen LogP contribution in [0.3, 0.4) is 0 Å². The molecule has 2 fully saturated rings. The Labute approximate surface area is 120 Å². The van der Waals surface area contributed by atoms with E-state index in [4.69, 9.17) is 0 Å². The molecule has 0 bridgehead atoms. The first kappa shape index (κ1) is 13.8. The summed E-state index contributed by atoms with van der Waals surface area (Å²) in [5.41, 5.74) is 0. The lowest BCUT2D eigenvalue weighted by Gasteiger charge is -2.17. The lowest BCUT2D eigenvalue weighted by Crippen LogP contribution is -2.32. The minimum Gasteiger partial charge on any atom is -0.357 e. The molecule has 2 heterocycles. The van der Waals surface area contributed by atoms with Gasteiger partial charge in [0.25, 0.3) is 0 Å². The highest BCUT2D eigenvalue weighted by atomic mass is 32.2. The maximum absolute atomic E-state index is 12.3. The molecular weight excluding hydrogens is 274 g/mol. The van der Waals surface area contributed by atoms with Crippen LogP contribution in [0, 0.1) is 0 Å². The van der Waals surface area contributed by atoms with Crippen molar-refractivity contribution < 1.29 is 8.42 Å². The third kappa shape index (κ3) is 2.96. The second-order valence-electron chi connectivity index (χ2n) is 5.65. The van der Waals surface area contributed by atoms with E-state index in [0.717, 1.165) is 44.6 Å².